The van der Waals surface area contributed by atoms with Crippen LogP contribution in [0, 0.1) is 5.92 Å². The van der Waals surface area contributed by atoms with Crippen LogP contribution in [0.3, 0.4) is 0 Å². The van der Waals surface area contributed by atoms with Crippen molar-refractivity contribution in [3.63, 3.8) is 0 Å². The summed E-state index contributed by atoms with van der Waals surface area (Å²) in [5, 5.41) is 13.7. The molecule has 0 amide bonds. The third-order valence-electron chi connectivity index (χ3n) is 5.46. The van der Waals surface area contributed by atoms with E-state index in [4.69, 9.17) is 4.74 Å². The van der Waals surface area contributed by atoms with Gasteiger partial charge in [0.2, 0.25) is 0 Å². The number of ether oxygens (including phenoxy) is 1. The van der Waals surface area contributed by atoms with Gasteiger partial charge in [-0.05, 0) is 11.5 Å². The van der Waals surface area contributed by atoms with E-state index in [1.165, 1.54) is 0 Å². The van der Waals surface area contributed by atoms with Crippen LogP contribution in [0.4, 0.5) is 0 Å². The monoisotopic (exact) mass is 317 g/mol. The maximum atomic E-state index is 13.7. The molecule has 0 aromatic heterocycles. The fourth-order valence-corrected chi connectivity index (χ4v) is 4.10. The topological polar surface area (TPSA) is 49.4 Å². The zero-order valence-corrected chi connectivity index (χ0v) is 14.2. The maximum absolute atomic E-state index is 13.7. The van der Waals surface area contributed by atoms with Gasteiger partial charge in [-0.1, -0.05) is 56.0 Å². The molecule has 2 atom stereocenters. The Labute approximate surface area is 138 Å². The molecule has 23 heavy (non-hydrogen) atoms. The van der Waals surface area contributed by atoms with Crippen molar-refractivity contribution in [2.24, 2.45) is 5.92 Å². The summed E-state index contributed by atoms with van der Waals surface area (Å²) < 4.78 is 6.56. The number of carbonyl (C=O) groups is 1. The molecule has 0 bridgehead atoms. The molecular formula is C19H27NO3. The molecule has 0 N–H and O–H groups in total. The summed E-state index contributed by atoms with van der Waals surface area (Å²) in [6.45, 7) is 1.78. The molecule has 1 heterocycles. The molecular weight excluding hydrogens is 290 g/mol. The van der Waals surface area contributed by atoms with Crippen molar-refractivity contribution in [3.8, 4) is 0 Å². The van der Waals surface area contributed by atoms with E-state index < -0.39 is 11.6 Å². The Morgan fingerprint density at radius 3 is 2.39 bits per heavy atom. The highest BCUT2D eigenvalue weighted by atomic mass is 16.6. The molecule has 0 radical (unpaired) electrons. The van der Waals surface area contributed by atoms with Crippen molar-refractivity contribution in [1.29, 1.82) is 0 Å². The van der Waals surface area contributed by atoms with E-state index in [1.807, 2.05) is 18.2 Å². The van der Waals surface area contributed by atoms with Crippen LogP contribution in [0.5, 0.6) is 0 Å². The number of hydrogen-bond acceptors (Lipinski definition) is 3. The van der Waals surface area contributed by atoms with Gasteiger partial charge in [-0.25, -0.2) is 0 Å². The molecule has 2 unspecified atom stereocenters. The molecule has 1 aliphatic heterocycles. The van der Waals surface area contributed by atoms with E-state index in [0.29, 0.717) is 5.56 Å². The van der Waals surface area contributed by atoms with Gasteiger partial charge < -0.3 is 14.3 Å². The van der Waals surface area contributed by atoms with Crippen LogP contribution < -0.4 is 5.11 Å². The van der Waals surface area contributed by atoms with Gasteiger partial charge in [0, 0.05) is 12.0 Å². The van der Waals surface area contributed by atoms with Crippen LogP contribution in [0.25, 0.3) is 0 Å². The SMILES string of the molecule is C[N+]1(C)CCC(OC(=O)C([O-])(c2ccccc2)C2CCCC2)C1. The lowest BCUT2D eigenvalue weighted by Crippen LogP contribution is -2.55. The lowest BCUT2D eigenvalue weighted by Gasteiger charge is -2.44. The number of carbonyl (C=O) groups excluding carboxylic acids is 1. The second kappa shape index (κ2) is 6.25. The summed E-state index contributed by atoms with van der Waals surface area (Å²) >= 11 is 0. The minimum Gasteiger partial charge on any atom is -0.837 e. The van der Waals surface area contributed by atoms with Crippen LogP contribution >= 0.6 is 0 Å². The first-order valence-electron chi connectivity index (χ1n) is 8.71. The number of rotatable bonds is 4. The van der Waals surface area contributed by atoms with Crippen molar-refractivity contribution >= 4 is 5.97 Å². The predicted molar refractivity (Wildman–Crippen MR) is 86.4 cm³/mol. The fourth-order valence-electron chi connectivity index (χ4n) is 4.10. The van der Waals surface area contributed by atoms with Crippen LogP contribution in [0.2, 0.25) is 0 Å². The van der Waals surface area contributed by atoms with E-state index >= 15 is 0 Å². The third-order valence-corrected chi connectivity index (χ3v) is 5.46. The predicted octanol–water partition coefficient (Wildman–Crippen LogP) is 1.82. The number of esters is 1. The number of likely N-dealkylation sites (tertiary alicyclic amines) is 1. The minimum atomic E-state index is -1.75. The average molecular weight is 317 g/mol. The summed E-state index contributed by atoms with van der Waals surface area (Å²) in [5.74, 6) is -0.719. The second-order valence-corrected chi connectivity index (χ2v) is 7.74. The Balaban J connectivity index is 1.82. The van der Waals surface area contributed by atoms with E-state index in [-0.39, 0.29) is 12.0 Å². The lowest BCUT2D eigenvalue weighted by molar-refractivity contribution is -0.879. The molecule has 126 valence electrons. The fraction of sp³-hybridized carbons (Fsp3) is 0.632. The number of likely N-dealkylation sites (N-methyl/N-ethyl adjacent to an activating group) is 1. The largest absolute Gasteiger partial charge is 0.837 e. The molecule has 3 rings (SSSR count). The van der Waals surface area contributed by atoms with E-state index in [0.717, 1.165) is 49.7 Å². The number of quaternary nitrogens is 1. The average Bonchev–Trinajstić information content (AvgIpc) is 3.17. The number of benzene rings is 1. The zero-order chi connectivity index (χ0) is 16.5. The molecule has 0 spiro atoms. The van der Waals surface area contributed by atoms with Gasteiger partial charge in [0.25, 0.3) is 0 Å². The van der Waals surface area contributed by atoms with Gasteiger partial charge in [0.1, 0.15) is 6.54 Å². The molecule has 2 fully saturated rings. The Hall–Kier alpha value is -1.39. The van der Waals surface area contributed by atoms with Crippen LogP contribution in [0.15, 0.2) is 30.3 Å². The van der Waals surface area contributed by atoms with E-state index in [2.05, 4.69) is 14.1 Å². The van der Waals surface area contributed by atoms with Gasteiger partial charge >= 0.3 is 5.97 Å². The molecule has 4 nitrogen and oxygen atoms in total. The van der Waals surface area contributed by atoms with Crippen LogP contribution in [-0.2, 0) is 15.1 Å². The summed E-state index contributed by atoms with van der Waals surface area (Å²) in [6, 6.07) is 9.10. The van der Waals surface area contributed by atoms with Gasteiger partial charge in [-0.15, -0.1) is 0 Å². The van der Waals surface area contributed by atoms with Crippen molar-refractivity contribution in [1.82, 2.24) is 0 Å². The highest BCUT2D eigenvalue weighted by Crippen LogP contribution is 2.40. The molecule has 1 saturated carbocycles. The smallest absolute Gasteiger partial charge is 0.300 e. The first-order valence-corrected chi connectivity index (χ1v) is 8.71. The summed E-state index contributed by atoms with van der Waals surface area (Å²) in [7, 11) is 4.26. The maximum Gasteiger partial charge on any atom is 0.300 e. The number of hydrogen-bond donors (Lipinski definition) is 0. The Kier molecular flexibility index (Phi) is 4.47. The van der Waals surface area contributed by atoms with Gasteiger partial charge in [-0.3, -0.25) is 4.79 Å². The molecule has 2 aliphatic rings. The molecule has 4 heteroatoms. The third kappa shape index (κ3) is 3.29. The zero-order valence-electron chi connectivity index (χ0n) is 14.2. The number of nitrogens with zero attached hydrogens (tertiary/aromatic N) is 1. The van der Waals surface area contributed by atoms with E-state index in [1.54, 1.807) is 12.1 Å². The van der Waals surface area contributed by atoms with Crippen molar-refractivity contribution in [2.75, 3.05) is 27.2 Å². The van der Waals surface area contributed by atoms with Crippen LogP contribution in [-0.4, -0.2) is 43.7 Å². The van der Waals surface area contributed by atoms with Crippen molar-refractivity contribution in [2.45, 2.75) is 43.8 Å². The highest BCUT2D eigenvalue weighted by molar-refractivity contribution is 5.81. The van der Waals surface area contributed by atoms with Crippen molar-refractivity contribution < 1.29 is 19.1 Å². The minimum absolute atomic E-state index is 0.129. The summed E-state index contributed by atoms with van der Waals surface area (Å²) in [6.07, 6.45) is 4.41. The van der Waals surface area contributed by atoms with Gasteiger partial charge in [0.15, 0.2) is 6.10 Å². The van der Waals surface area contributed by atoms with Gasteiger partial charge in [-0.2, -0.15) is 0 Å². The van der Waals surface area contributed by atoms with Crippen molar-refractivity contribution in [3.05, 3.63) is 35.9 Å². The van der Waals surface area contributed by atoms with E-state index in [9.17, 15) is 9.90 Å². The van der Waals surface area contributed by atoms with Gasteiger partial charge in [0.05, 0.1) is 20.6 Å². The molecule has 1 aliphatic carbocycles. The highest BCUT2D eigenvalue weighted by Gasteiger charge is 2.42. The molecule has 1 aromatic rings. The standard InChI is InChI=1S/C19H27NO3/c1-20(2)13-12-17(14-20)23-18(21)19(22,16-10-6-7-11-16)15-8-4-3-5-9-15/h3-5,8-9,16-17H,6-7,10-14H2,1-2H3. The summed E-state index contributed by atoms with van der Waals surface area (Å²) in [5.41, 5.74) is -1.19. The van der Waals surface area contributed by atoms with Crippen LogP contribution in [0.1, 0.15) is 37.7 Å². The normalized spacial score (nSPS) is 26.8. The molecule has 1 saturated heterocycles. The Bertz CT molecular complexity index is 551. The Morgan fingerprint density at radius 1 is 1.17 bits per heavy atom. The lowest BCUT2D eigenvalue weighted by atomic mass is 9.80. The first kappa shape index (κ1) is 16.5. The quantitative estimate of drug-likeness (QED) is 0.629. The second-order valence-electron chi connectivity index (χ2n) is 7.74. The molecule has 1 aromatic carbocycles. The summed E-state index contributed by atoms with van der Waals surface area (Å²) in [4.78, 5) is 12.9. The first-order chi connectivity index (χ1) is 10.9. The Morgan fingerprint density at radius 2 is 1.83 bits per heavy atom.